The zero-order chi connectivity index (χ0) is 18.3. The van der Waals surface area contributed by atoms with Crippen LogP contribution in [-0.4, -0.2) is 10.2 Å². The molecule has 2 aromatic heterocycles. The van der Waals surface area contributed by atoms with Crippen LogP contribution in [0.4, 0.5) is 0 Å². The van der Waals surface area contributed by atoms with Gasteiger partial charge < -0.3 is 4.42 Å². The molecule has 0 saturated heterocycles. The van der Waals surface area contributed by atoms with Gasteiger partial charge in [-0.05, 0) is 30.5 Å². The minimum absolute atomic E-state index is 0.605. The van der Waals surface area contributed by atoms with Gasteiger partial charge >= 0.3 is 0 Å². The summed E-state index contributed by atoms with van der Waals surface area (Å²) >= 11 is 3.29. The molecule has 5 heteroatoms. The standard InChI is InChI=1S/C13H10N2OS2.C5H8.C2H6/c1-2-5-10(6-3-1)18-9-12-14-15-13(16-12)11-7-4-8-17-11;1-3-5-4-2;1-2/h1-8H,9H2;3-5H,1H2,2H3;1-2H3/b;5-4-;. The van der Waals surface area contributed by atoms with Crippen LogP contribution in [0.2, 0.25) is 0 Å². The molecule has 0 bridgehead atoms. The second kappa shape index (κ2) is 13.2. The first kappa shape index (κ1) is 20.9. The lowest BCUT2D eigenvalue weighted by atomic mass is 10.4. The molecule has 0 aliphatic heterocycles. The van der Waals surface area contributed by atoms with Gasteiger partial charge in [-0.1, -0.05) is 62.9 Å². The summed E-state index contributed by atoms with van der Waals surface area (Å²) in [4.78, 5) is 2.21. The summed E-state index contributed by atoms with van der Waals surface area (Å²) in [6.45, 7) is 9.42. The predicted molar refractivity (Wildman–Crippen MR) is 110 cm³/mol. The number of thiophene rings is 1. The highest BCUT2D eigenvalue weighted by Gasteiger charge is 2.09. The van der Waals surface area contributed by atoms with Crippen molar-refractivity contribution in [3.05, 3.63) is 78.5 Å². The molecule has 25 heavy (non-hydrogen) atoms. The second-order valence-corrected chi connectivity index (χ2v) is 6.34. The molecule has 1 aromatic carbocycles. The van der Waals surface area contributed by atoms with E-state index in [1.807, 2.05) is 68.6 Å². The molecule has 2 heterocycles. The van der Waals surface area contributed by atoms with Crippen molar-refractivity contribution in [2.45, 2.75) is 31.4 Å². The molecular weight excluding hydrogens is 348 g/mol. The van der Waals surface area contributed by atoms with Gasteiger partial charge in [-0.2, -0.15) is 0 Å². The molecule has 0 atom stereocenters. The number of benzene rings is 1. The van der Waals surface area contributed by atoms with Crippen molar-refractivity contribution in [1.29, 1.82) is 0 Å². The normalized spacial score (nSPS) is 9.72. The van der Waals surface area contributed by atoms with Gasteiger partial charge in [0.05, 0.1) is 10.6 Å². The predicted octanol–water partition coefficient (Wildman–Crippen LogP) is 6.87. The van der Waals surface area contributed by atoms with E-state index in [-0.39, 0.29) is 0 Å². The highest BCUT2D eigenvalue weighted by atomic mass is 32.2. The zero-order valence-corrected chi connectivity index (χ0v) is 16.5. The van der Waals surface area contributed by atoms with E-state index in [1.165, 1.54) is 4.90 Å². The third-order valence-corrected chi connectivity index (χ3v) is 4.49. The lowest BCUT2D eigenvalue weighted by Crippen LogP contribution is -1.79. The van der Waals surface area contributed by atoms with Crippen LogP contribution in [0.3, 0.4) is 0 Å². The smallest absolute Gasteiger partial charge is 0.257 e. The quantitative estimate of drug-likeness (QED) is 0.362. The molecular formula is C20H24N2OS2. The van der Waals surface area contributed by atoms with E-state index in [2.05, 4.69) is 28.9 Å². The second-order valence-electron chi connectivity index (χ2n) is 4.34. The largest absolute Gasteiger partial charge is 0.419 e. The number of allylic oxidation sites excluding steroid dienone is 3. The molecule has 0 saturated carbocycles. The Hall–Kier alpha value is -2.11. The Morgan fingerprint density at radius 1 is 1.12 bits per heavy atom. The van der Waals surface area contributed by atoms with E-state index in [0.717, 1.165) is 4.88 Å². The van der Waals surface area contributed by atoms with Gasteiger partial charge in [-0.15, -0.1) is 33.3 Å². The van der Waals surface area contributed by atoms with Gasteiger partial charge in [0.25, 0.3) is 5.89 Å². The van der Waals surface area contributed by atoms with Crippen molar-refractivity contribution >= 4 is 23.1 Å². The van der Waals surface area contributed by atoms with Gasteiger partial charge in [0, 0.05) is 4.90 Å². The van der Waals surface area contributed by atoms with Crippen LogP contribution in [0.25, 0.3) is 10.8 Å². The molecule has 0 aliphatic carbocycles. The van der Waals surface area contributed by atoms with Gasteiger partial charge in [0.1, 0.15) is 0 Å². The molecule has 0 radical (unpaired) electrons. The number of hydrogen-bond acceptors (Lipinski definition) is 5. The Bertz CT molecular complexity index is 719. The summed E-state index contributed by atoms with van der Waals surface area (Å²) in [7, 11) is 0. The number of nitrogens with zero attached hydrogens (tertiary/aromatic N) is 2. The molecule has 132 valence electrons. The monoisotopic (exact) mass is 372 g/mol. The highest BCUT2D eigenvalue weighted by molar-refractivity contribution is 7.98. The molecule has 0 N–H and O–H groups in total. The Morgan fingerprint density at radius 3 is 2.44 bits per heavy atom. The number of rotatable bonds is 5. The Morgan fingerprint density at radius 2 is 1.88 bits per heavy atom. The molecule has 0 aliphatic rings. The van der Waals surface area contributed by atoms with Gasteiger partial charge in [-0.3, -0.25) is 0 Å². The molecule has 0 fully saturated rings. The fourth-order valence-electron chi connectivity index (χ4n) is 1.61. The van der Waals surface area contributed by atoms with Crippen LogP contribution in [0, 0.1) is 0 Å². The lowest BCUT2D eigenvalue weighted by Gasteiger charge is -1.96. The number of thioether (sulfide) groups is 1. The summed E-state index contributed by atoms with van der Waals surface area (Å²) in [5.41, 5.74) is 0. The van der Waals surface area contributed by atoms with Crippen LogP contribution in [0.5, 0.6) is 0 Å². The van der Waals surface area contributed by atoms with Crippen molar-refractivity contribution in [3.8, 4) is 10.8 Å². The molecule has 0 amide bonds. The summed E-state index contributed by atoms with van der Waals surface area (Å²) in [5.74, 6) is 1.96. The van der Waals surface area contributed by atoms with Crippen molar-refractivity contribution in [3.63, 3.8) is 0 Å². The Kier molecular flexibility index (Phi) is 11.1. The maximum absolute atomic E-state index is 5.62. The zero-order valence-electron chi connectivity index (χ0n) is 14.9. The fraction of sp³-hybridized carbons (Fsp3) is 0.200. The minimum atomic E-state index is 0.605. The molecule has 0 unspecified atom stereocenters. The lowest BCUT2D eigenvalue weighted by molar-refractivity contribution is 0.529. The average Bonchev–Trinajstić information content (AvgIpc) is 3.35. The fourth-order valence-corrected chi connectivity index (χ4v) is 3.01. The molecule has 3 aromatic rings. The maximum Gasteiger partial charge on any atom is 0.257 e. The Balaban J connectivity index is 0.000000388. The van der Waals surface area contributed by atoms with Crippen molar-refractivity contribution < 1.29 is 4.42 Å². The van der Waals surface area contributed by atoms with E-state index < -0.39 is 0 Å². The molecule has 0 spiro atoms. The van der Waals surface area contributed by atoms with E-state index in [1.54, 1.807) is 29.2 Å². The van der Waals surface area contributed by atoms with Gasteiger partial charge in [0.15, 0.2) is 0 Å². The first-order chi connectivity index (χ1) is 12.3. The van der Waals surface area contributed by atoms with E-state index in [0.29, 0.717) is 17.5 Å². The minimum Gasteiger partial charge on any atom is -0.419 e. The van der Waals surface area contributed by atoms with E-state index in [9.17, 15) is 0 Å². The first-order valence-electron chi connectivity index (χ1n) is 8.11. The maximum atomic E-state index is 5.62. The van der Waals surface area contributed by atoms with E-state index in [4.69, 9.17) is 4.42 Å². The average molecular weight is 373 g/mol. The van der Waals surface area contributed by atoms with Gasteiger partial charge in [-0.25, -0.2) is 0 Å². The first-order valence-corrected chi connectivity index (χ1v) is 9.98. The Labute approximate surface area is 158 Å². The summed E-state index contributed by atoms with van der Waals surface area (Å²) < 4.78 is 5.62. The van der Waals surface area contributed by atoms with Crippen molar-refractivity contribution in [1.82, 2.24) is 10.2 Å². The SMILES string of the molecule is C=C/C=C\C.CC.c1ccc(SCc2nnc(-c3cccs3)o2)cc1. The number of hydrogen-bond donors (Lipinski definition) is 0. The van der Waals surface area contributed by atoms with Crippen LogP contribution in [-0.2, 0) is 5.75 Å². The topological polar surface area (TPSA) is 38.9 Å². The summed E-state index contributed by atoms with van der Waals surface area (Å²) in [6, 6.07) is 14.1. The summed E-state index contributed by atoms with van der Waals surface area (Å²) in [6.07, 6.45) is 5.58. The third-order valence-electron chi connectivity index (χ3n) is 2.63. The highest BCUT2D eigenvalue weighted by Crippen LogP contribution is 2.26. The third kappa shape index (κ3) is 8.01. The summed E-state index contributed by atoms with van der Waals surface area (Å²) in [5, 5.41) is 10.1. The van der Waals surface area contributed by atoms with Crippen LogP contribution in [0.15, 0.2) is 82.0 Å². The molecule has 3 rings (SSSR count). The van der Waals surface area contributed by atoms with Gasteiger partial charge in [0.2, 0.25) is 5.89 Å². The van der Waals surface area contributed by atoms with Crippen LogP contribution < -0.4 is 0 Å². The van der Waals surface area contributed by atoms with Crippen LogP contribution in [0.1, 0.15) is 26.7 Å². The van der Waals surface area contributed by atoms with E-state index >= 15 is 0 Å². The van der Waals surface area contributed by atoms with Crippen LogP contribution >= 0.6 is 23.1 Å². The van der Waals surface area contributed by atoms with Crippen molar-refractivity contribution in [2.75, 3.05) is 0 Å². The number of aromatic nitrogens is 2. The molecule has 3 nitrogen and oxygen atoms in total. The van der Waals surface area contributed by atoms with Crippen molar-refractivity contribution in [2.24, 2.45) is 0 Å².